The van der Waals surface area contributed by atoms with Gasteiger partial charge in [-0.3, -0.25) is 14.5 Å². The van der Waals surface area contributed by atoms with Crippen LogP contribution in [0.25, 0.3) is 0 Å². The number of esters is 1. The van der Waals surface area contributed by atoms with Crippen LogP contribution in [0.1, 0.15) is 22.8 Å². The van der Waals surface area contributed by atoms with Crippen LogP contribution in [0.15, 0.2) is 30.3 Å². The minimum absolute atomic E-state index is 0.0221. The molecule has 1 unspecified atom stereocenters. The summed E-state index contributed by atoms with van der Waals surface area (Å²) in [5.41, 5.74) is -1.17. The maximum Gasteiger partial charge on any atom is 0.416 e. The standard InChI is InChI=1S/C22H21F3N2O7/c1-11(34-21(30)13-6-8-16(31-2)19(33-4)18(13)32-3)20(29)27-10-17(28)26-14-9-12(22(23,24)25)5-7-15(14)27/h5-9,11H,10H2,1-4H3,(H,26,28). The summed E-state index contributed by atoms with van der Waals surface area (Å²) >= 11 is 0. The molecule has 182 valence electrons. The number of ether oxygens (including phenoxy) is 4. The van der Waals surface area contributed by atoms with Gasteiger partial charge in [-0.2, -0.15) is 13.2 Å². The first-order valence-electron chi connectivity index (χ1n) is 9.84. The van der Waals surface area contributed by atoms with E-state index in [1.54, 1.807) is 0 Å². The van der Waals surface area contributed by atoms with Crippen molar-refractivity contribution in [1.29, 1.82) is 0 Å². The van der Waals surface area contributed by atoms with Gasteiger partial charge in [0.1, 0.15) is 12.1 Å². The highest BCUT2D eigenvalue weighted by Crippen LogP contribution is 2.40. The molecule has 2 aromatic rings. The fourth-order valence-electron chi connectivity index (χ4n) is 3.42. The molecule has 3 rings (SSSR count). The SMILES string of the molecule is COc1ccc(C(=O)OC(C)C(=O)N2CC(=O)Nc3cc(C(F)(F)F)ccc32)c(OC)c1OC. The number of amides is 2. The molecule has 0 aliphatic carbocycles. The van der Waals surface area contributed by atoms with E-state index in [9.17, 15) is 27.6 Å². The normalized spacial score (nSPS) is 14.0. The lowest BCUT2D eigenvalue weighted by Crippen LogP contribution is -2.47. The molecule has 1 atom stereocenters. The first-order valence-corrected chi connectivity index (χ1v) is 9.84. The molecule has 0 saturated carbocycles. The second-order valence-corrected chi connectivity index (χ2v) is 7.13. The maximum absolute atomic E-state index is 13.0. The molecular weight excluding hydrogens is 461 g/mol. The maximum atomic E-state index is 13.0. The number of hydrogen-bond acceptors (Lipinski definition) is 7. The van der Waals surface area contributed by atoms with E-state index in [1.807, 2.05) is 0 Å². The molecule has 34 heavy (non-hydrogen) atoms. The summed E-state index contributed by atoms with van der Waals surface area (Å²) in [5, 5.41) is 2.32. The lowest BCUT2D eigenvalue weighted by Gasteiger charge is -2.31. The quantitative estimate of drug-likeness (QED) is 0.631. The van der Waals surface area contributed by atoms with Crippen LogP contribution in [-0.2, 0) is 20.5 Å². The van der Waals surface area contributed by atoms with Gasteiger partial charge in [-0.25, -0.2) is 4.79 Å². The minimum Gasteiger partial charge on any atom is -0.493 e. The monoisotopic (exact) mass is 482 g/mol. The molecule has 9 nitrogen and oxygen atoms in total. The number of fused-ring (bicyclic) bond motifs is 1. The number of carbonyl (C=O) groups excluding carboxylic acids is 3. The zero-order valence-corrected chi connectivity index (χ0v) is 18.6. The van der Waals surface area contributed by atoms with E-state index in [0.29, 0.717) is 5.75 Å². The van der Waals surface area contributed by atoms with Crippen LogP contribution >= 0.6 is 0 Å². The second-order valence-electron chi connectivity index (χ2n) is 7.13. The van der Waals surface area contributed by atoms with Gasteiger partial charge in [-0.15, -0.1) is 0 Å². The van der Waals surface area contributed by atoms with E-state index in [-0.39, 0.29) is 28.4 Å². The zero-order chi connectivity index (χ0) is 25.2. The smallest absolute Gasteiger partial charge is 0.416 e. The van der Waals surface area contributed by atoms with Crippen molar-refractivity contribution >= 4 is 29.2 Å². The van der Waals surface area contributed by atoms with E-state index in [0.717, 1.165) is 23.1 Å². The third-order valence-corrected chi connectivity index (χ3v) is 5.01. The number of benzene rings is 2. The highest BCUT2D eigenvalue weighted by atomic mass is 19.4. The van der Waals surface area contributed by atoms with Crippen LogP contribution in [0.3, 0.4) is 0 Å². The summed E-state index contributed by atoms with van der Waals surface area (Å²) in [7, 11) is 4.06. The number of anilines is 2. The zero-order valence-electron chi connectivity index (χ0n) is 18.6. The predicted octanol–water partition coefficient (Wildman–Crippen LogP) is 3.26. The third-order valence-electron chi connectivity index (χ3n) is 5.01. The van der Waals surface area contributed by atoms with Gasteiger partial charge in [0.2, 0.25) is 11.7 Å². The molecule has 2 amide bonds. The molecule has 0 spiro atoms. The number of hydrogen-bond donors (Lipinski definition) is 1. The van der Waals surface area contributed by atoms with Crippen molar-refractivity contribution in [3.05, 3.63) is 41.5 Å². The average Bonchev–Trinajstić information content (AvgIpc) is 2.80. The highest BCUT2D eigenvalue weighted by molar-refractivity contribution is 6.11. The van der Waals surface area contributed by atoms with E-state index in [1.165, 1.54) is 40.4 Å². The van der Waals surface area contributed by atoms with Crippen molar-refractivity contribution in [2.75, 3.05) is 38.1 Å². The van der Waals surface area contributed by atoms with Crippen molar-refractivity contribution in [2.45, 2.75) is 19.2 Å². The lowest BCUT2D eigenvalue weighted by atomic mass is 10.1. The predicted molar refractivity (Wildman–Crippen MR) is 113 cm³/mol. The van der Waals surface area contributed by atoms with Crippen LogP contribution in [0.4, 0.5) is 24.5 Å². The summed E-state index contributed by atoms with van der Waals surface area (Å²) in [4.78, 5) is 38.8. The van der Waals surface area contributed by atoms with Gasteiger partial charge < -0.3 is 24.3 Å². The van der Waals surface area contributed by atoms with Crippen LogP contribution in [0.2, 0.25) is 0 Å². The molecule has 1 aliphatic heterocycles. The molecule has 2 aromatic carbocycles. The summed E-state index contributed by atoms with van der Waals surface area (Å²) < 4.78 is 60.0. The van der Waals surface area contributed by atoms with E-state index in [2.05, 4.69) is 5.32 Å². The molecule has 0 fully saturated rings. The summed E-state index contributed by atoms with van der Waals surface area (Å²) in [5.74, 6) is -1.96. The molecule has 12 heteroatoms. The Balaban J connectivity index is 1.86. The molecular formula is C22H21F3N2O7. The first-order chi connectivity index (χ1) is 16.0. The summed E-state index contributed by atoms with van der Waals surface area (Å²) in [6.45, 7) is 0.822. The van der Waals surface area contributed by atoms with Gasteiger partial charge in [-0.05, 0) is 37.3 Å². The van der Waals surface area contributed by atoms with Gasteiger partial charge in [0, 0.05) is 0 Å². The van der Waals surface area contributed by atoms with Crippen LogP contribution in [-0.4, -0.2) is 51.8 Å². The molecule has 0 radical (unpaired) electrons. The van der Waals surface area contributed by atoms with Crippen LogP contribution in [0, 0.1) is 0 Å². The second kappa shape index (κ2) is 9.49. The van der Waals surface area contributed by atoms with Crippen molar-refractivity contribution in [3.63, 3.8) is 0 Å². The molecule has 1 N–H and O–H groups in total. The van der Waals surface area contributed by atoms with Gasteiger partial charge in [-0.1, -0.05) is 0 Å². The van der Waals surface area contributed by atoms with Gasteiger partial charge in [0.15, 0.2) is 17.6 Å². The number of carbonyl (C=O) groups is 3. The number of nitrogens with one attached hydrogen (secondary N) is 1. The fourth-order valence-corrected chi connectivity index (χ4v) is 3.42. The Morgan fingerprint density at radius 1 is 1.03 bits per heavy atom. The topological polar surface area (TPSA) is 103 Å². The number of rotatable bonds is 6. The van der Waals surface area contributed by atoms with E-state index < -0.39 is 42.2 Å². The summed E-state index contributed by atoms with van der Waals surface area (Å²) in [6.07, 6.45) is -6.01. The minimum atomic E-state index is -4.63. The van der Waals surface area contributed by atoms with E-state index >= 15 is 0 Å². The Morgan fingerprint density at radius 2 is 1.71 bits per heavy atom. The molecule has 0 aromatic heterocycles. The lowest BCUT2D eigenvalue weighted by molar-refractivity contribution is -0.137. The van der Waals surface area contributed by atoms with Crippen molar-refractivity contribution in [1.82, 2.24) is 0 Å². The molecule has 0 bridgehead atoms. The Kier molecular flexibility index (Phi) is 6.89. The molecule has 1 heterocycles. The Morgan fingerprint density at radius 3 is 2.29 bits per heavy atom. The summed E-state index contributed by atoms with van der Waals surface area (Å²) in [6, 6.07) is 5.41. The van der Waals surface area contributed by atoms with Crippen molar-refractivity contribution in [3.8, 4) is 17.2 Å². The van der Waals surface area contributed by atoms with Crippen molar-refractivity contribution < 1.29 is 46.5 Å². The van der Waals surface area contributed by atoms with Crippen LogP contribution in [0.5, 0.6) is 17.2 Å². The Bertz CT molecular complexity index is 1130. The molecule has 1 aliphatic rings. The number of methoxy groups -OCH3 is 3. The highest BCUT2D eigenvalue weighted by Gasteiger charge is 2.36. The molecule has 0 saturated heterocycles. The van der Waals surface area contributed by atoms with Gasteiger partial charge >= 0.3 is 12.1 Å². The Labute approximate surface area is 192 Å². The largest absolute Gasteiger partial charge is 0.493 e. The van der Waals surface area contributed by atoms with Gasteiger partial charge in [0.05, 0.1) is 38.3 Å². The van der Waals surface area contributed by atoms with Crippen LogP contribution < -0.4 is 24.4 Å². The van der Waals surface area contributed by atoms with Crippen molar-refractivity contribution in [2.24, 2.45) is 0 Å². The number of halogens is 3. The van der Waals surface area contributed by atoms with E-state index in [4.69, 9.17) is 18.9 Å². The van der Waals surface area contributed by atoms with Gasteiger partial charge in [0.25, 0.3) is 5.91 Å². The number of alkyl halides is 3. The first kappa shape index (κ1) is 24.7. The number of nitrogens with zero attached hydrogens (tertiary/aromatic N) is 1. The third kappa shape index (κ3) is 4.70. The fraction of sp³-hybridized carbons (Fsp3) is 0.318. The average molecular weight is 482 g/mol. The Hall–Kier alpha value is -3.96.